The molecule has 1 aromatic rings. The second kappa shape index (κ2) is 4.71. The van der Waals surface area contributed by atoms with Gasteiger partial charge in [0.1, 0.15) is 0 Å². The molecule has 1 nitrogen and oxygen atoms in total. The Balaban J connectivity index is 2.35. The fraction of sp³-hybridized carbons (Fsp3) is 0.250. The summed E-state index contributed by atoms with van der Waals surface area (Å²) in [5.41, 5.74) is 0.675. The molecule has 0 saturated carbocycles. The molecule has 0 unspecified atom stereocenters. The maximum atomic E-state index is 11.7. The van der Waals surface area contributed by atoms with Crippen LogP contribution < -0.4 is 0 Å². The molecule has 0 aliphatic rings. The van der Waals surface area contributed by atoms with Gasteiger partial charge >= 0.3 is 6.98 Å². The Kier molecular flexibility index (Phi) is 3.83. The zero-order valence-corrected chi connectivity index (χ0v) is 7.98. The molecule has 0 N–H and O–H groups in total. The van der Waals surface area contributed by atoms with Crippen LogP contribution in [0.2, 0.25) is 5.02 Å². The van der Waals surface area contributed by atoms with Gasteiger partial charge in [0.25, 0.3) is 0 Å². The highest BCUT2D eigenvalue weighted by Gasteiger charge is 2.22. The maximum absolute atomic E-state index is 11.7. The van der Waals surface area contributed by atoms with Gasteiger partial charge in [0.05, 0.1) is 6.61 Å². The van der Waals surface area contributed by atoms with Crippen molar-refractivity contribution in [2.75, 3.05) is 6.51 Å². The Morgan fingerprint density at radius 3 is 2.21 bits per heavy atom. The quantitative estimate of drug-likeness (QED) is 0.712. The van der Waals surface area contributed by atoms with Gasteiger partial charge in [-0.1, -0.05) is 23.7 Å². The van der Waals surface area contributed by atoms with Crippen LogP contribution in [0, 0.1) is 0 Å². The fourth-order valence-corrected chi connectivity index (χ4v) is 1.02. The van der Waals surface area contributed by atoms with Crippen molar-refractivity contribution >= 4 is 18.6 Å². The lowest BCUT2D eigenvalue weighted by Crippen LogP contribution is -2.23. The van der Waals surface area contributed by atoms with Crippen LogP contribution in [0.5, 0.6) is 0 Å². The number of benzene rings is 1. The van der Waals surface area contributed by atoms with E-state index in [9.17, 15) is 12.9 Å². The number of hydrogen-bond acceptors (Lipinski definition) is 1. The molecular weight excluding hydrogens is 215 g/mol. The maximum Gasteiger partial charge on any atom is 0.503 e. The molecule has 0 amide bonds. The molecule has 14 heavy (non-hydrogen) atoms. The first kappa shape index (κ1) is 11.4. The van der Waals surface area contributed by atoms with Crippen molar-refractivity contribution in [1.82, 2.24) is 0 Å². The van der Waals surface area contributed by atoms with E-state index in [-0.39, 0.29) is 6.61 Å². The lowest BCUT2D eigenvalue weighted by atomic mass is 9.95. The Hall–Kier alpha value is -0.675. The first-order valence-electron chi connectivity index (χ1n) is 4.00. The van der Waals surface area contributed by atoms with Crippen LogP contribution in [-0.2, 0) is 11.3 Å². The Bertz CT molecular complexity index is 286. The predicted octanol–water partition coefficient (Wildman–Crippen LogP) is 3.24. The first-order chi connectivity index (χ1) is 6.47. The summed E-state index contributed by atoms with van der Waals surface area (Å²) in [6.07, 6.45) is 0. The van der Waals surface area contributed by atoms with E-state index in [0.717, 1.165) is 0 Å². The Morgan fingerprint density at radius 1 is 1.14 bits per heavy atom. The average Bonchev–Trinajstić information content (AvgIpc) is 2.06. The Labute approximate surface area is 84.9 Å². The van der Waals surface area contributed by atoms with Crippen LogP contribution in [0.4, 0.5) is 12.9 Å². The highest BCUT2D eigenvalue weighted by Crippen LogP contribution is 2.12. The number of hydrogen-bond donors (Lipinski definition) is 0. The lowest BCUT2D eigenvalue weighted by Gasteiger charge is -2.13. The molecule has 0 spiro atoms. The largest absolute Gasteiger partial charge is 0.503 e. The fourth-order valence-electron chi connectivity index (χ4n) is 0.891. The molecular formula is C8H8BClF3O-. The van der Waals surface area contributed by atoms with Crippen LogP contribution in [-0.4, -0.2) is 13.5 Å². The first-order valence-corrected chi connectivity index (χ1v) is 4.38. The summed E-state index contributed by atoms with van der Waals surface area (Å²) in [5.74, 6) is 0. The van der Waals surface area contributed by atoms with Crippen molar-refractivity contribution in [3.8, 4) is 0 Å². The van der Waals surface area contributed by atoms with Crippen LogP contribution >= 0.6 is 11.6 Å². The number of halogens is 4. The van der Waals surface area contributed by atoms with E-state index in [1.807, 2.05) is 0 Å². The van der Waals surface area contributed by atoms with Crippen LogP contribution in [0.1, 0.15) is 5.56 Å². The summed E-state index contributed by atoms with van der Waals surface area (Å²) in [4.78, 5) is 0. The van der Waals surface area contributed by atoms with Crippen molar-refractivity contribution in [2.24, 2.45) is 0 Å². The average molecular weight is 223 g/mol. The topological polar surface area (TPSA) is 9.23 Å². The third-order valence-electron chi connectivity index (χ3n) is 1.49. The molecule has 0 atom stereocenters. The van der Waals surface area contributed by atoms with Crippen LogP contribution in [0.25, 0.3) is 0 Å². The van der Waals surface area contributed by atoms with Gasteiger partial charge in [-0.15, -0.1) is 0 Å². The molecule has 0 aliphatic heterocycles. The van der Waals surface area contributed by atoms with Crippen molar-refractivity contribution in [3.63, 3.8) is 0 Å². The molecule has 78 valence electrons. The standard InChI is InChI=1S/C8H8BClF3O/c10-8-3-1-7(2-4-8)5-14-6-9(11,12)13/h1-4H,5-6H2/q-1. The number of ether oxygens (including phenoxy) is 1. The Morgan fingerprint density at radius 2 is 1.71 bits per heavy atom. The molecule has 0 heterocycles. The smallest absolute Gasteiger partial charge is 0.447 e. The van der Waals surface area contributed by atoms with Crippen molar-refractivity contribution in [3.05, 3.63) is 34.9 Å². The molecule has 0 radical (unpaired) electrons. The van der Waals surface area contributed by atoms with E-state index in [4.69, 9.17) is 11.6 Å². The second-order valence-corrected chi connectivity index (χ2v) is 3.29. The minimum Gasteiger partial charge on any atom is -0.447 e. The van der Waals surface area contributed by atoms with Gasteiger partial charge in [-0.3, -0.25) is 0 Å². The van der Waals surface area contributed by atoms with Crippen LogP contribution in [0.15, 0.2) is 24.3 Å². The summed E-state index contributed by atoms with van der Waals surface area (Å²) in [6, 6.07) is 6.48. The summed E-state index contributed by atoms with van der Waals surface area (Å²) in [5, 5.41) is 0.550. The van der Waals surface area contributed by atoms with Gasteiger partial charge in [-0.25, -0.2) is 0 Å². The van der Waals surface area contributed by atoms with Gasteiger partial charge in [0, 0.05) is 11.5 Å². The lowest BCUT2D eigenvalue weighted by molar-refractivity contribution is 0.137. The summed E-state index contributed by atoms with van der Waals surface area (Å²) in [6.45, 7) is -6.06. The monoisotopic (exact) mass is 223 g/mol. The molecule has 6 heteroatoms. The van der Waals surface area contributed by atoms with E-state index in [1.54, 1.807) is 24.3 Å². The van der Waals surface area contributed by atoms with Gasteiger partial charge in [-0.2, -0.15) is 0 Å². The van der Waals surface area contributed by atoms with Gasteiger partial charge in [0.2, 0.25) is 0 Å². The third kappa shape index (κ3) is 4.53. The minimum absolute atomic E-state index is 0.0432. The van der Waals surface area contributed by atoms with Crippen molar-refractivity contribution in [2.45, 2.75) is 6.61 Å². The molecule has 0 fully saturated rings. The third-order valence-corrected chi connectivity index (χ3v) is 1.74. The van der Waals surface area contributed by atoms with Gasteiger partial charge in [-0.05, 0) is 17.7 Å². The van der Waals surface area contributed by atoms with E-state index < -0.39 is 13.5 Å². The molecule has 1 aromatic carbocycles. The van der Waals surface area contributed by atoms with Crippen LogP contribution in [0.3, 0.4) is 0 Å². The minimum atomic E-state index is -4.86. The van der Waals surface area contributed by atoms with Gasteiger partial charge in [0.15, 0.2) is 0 Å². The van der Waals surface area contributed by atoms with E-state index in [0.29, 0.717) is 10.6 Å². The summed E-state index contributed by atoms with van der Waals surface area (Å²) >= 11 is 5.60. The van der Waals surface area contributed by atoms with Crippen molar-refractivity contribution in [1.29, 1.82) is 0 Å². The highest BCUT2D eigenvalue weighted by molar-refractivity contribution is 6.58. The van der Waals surface area contributed by atoms with E-state index >= 15 is 0 Å². The summed E-state index contributed by atoms with van der Waals surface area (Å²) in [7, 11) is 0. The molecule has 1 rings (SSSR count). The second-order valence-electron chi connectivity index (χ2n) is 2.85. The zero-order chi connectivity index (χ0) is 10.6. The molecule has 0 saturated heterocycles. The van der Waals surface area contributed by atoms with E-state index in [1.165, 1.54) is 0 Å². The van der Waals surface area contributed by atoms with E-state index in [2.05, 4.69) is 4.74 Å². The molecule has 0 bridgehead atoms. The zero-order valence-electron chi connectivity index (χ0n) is 7.22. The normalized spacial score (nSPS) is 11.7. The highest BCUT2D eigenvalue weighted by atomic mass is 35.5. The van der Waals surface area contributed by atoms with Crippen molar-refractivity contribution < 1.29 is 17.7 Å². The van der Waals surface area contributed by atoms with Gasteiger partial charge < -0.3 is 17.7 Å². The molecule has 0 aromatic heterocycles. The summed E-state index contributed by atoms with van der Waals surface area (Å²) < 4.78 is 39.7. The predicted molar refractivity (Wildman–Crippen MR) is 50.2 cm³/mol. The molecule has 0 aliphatic carbocycles. The SMILES string of the molecule is F[B-](F)(F)COCc1ccc(Cl)cc1. The number of rotatable bonds is 4.